The average molecular weight is 637 g/mol. The number of H-pyrrole nitrogens is 1. The number of halogens is 1. The molecule has 2 atom stereocenters. The first-order valence-corrected chi connectivity index (χ1v) is 16.2. The van der Waals surface area contributed by atoms with Crippen molar-refractivity contribution in [1.82, 2.24) is 20.7 Å². The number of hydrogen-bond acceptors (Lipinski definition) is 8. The molecule has 1 aliphatic rings. The Balaban J connectivity index is 0.000000305. The number of carbonyl (C=O) groups is 1. The summed E-state index contributed by atoms with van der Waals surface area (Å²) in [6.07, 6.45) is 10.7. The van der Waals surface area contributed by atoms with Crippen LogP contribution >= 0.6 is 0 Å². The van der Waals surface area contributed by atoms with E-state index in [-0.39, 0.29) is 19.4 Å². The van der Waals surface area contributed by atoms with Gasteiger partial charge in [0, 0.05) is 24.2 Å². The van der Waals surface area contributed by atoms with Gasteiger partial charge in [-0.25, -0.2) is 0 Å². The van der Waals surface area contributed by atoms with Crippen molar-refractivity contribution in [2.24, 2.45) is 0 Å². The van der Waals surface area contributed by atoms with E-state index in [2.05, 4.69) is 19.1 Å². The molecule has 2 aromatic carbocycles. The molecule has 1 amide bonds. The van der Waals surface area contributed by atoms with Gasteiger partial charge < -0.3 is 0 Å². The van der Waals surface area contributed by atoms with Crippen LogP contribution in [0.5, 0.6) is 0 Å². The molecule has 2 aromatic heterocycles. The van der Waals surface area contributed by atoms with Crippen LogP contribution in [-0.2, 0) is 16.2 Å². The molecule has 0 aliphatic heterocycles. The van der Waals surface area contributed by atoms with Crippen LogP contribution in [0.4, 0.5) is 4.39 Å². The second-order valence-corrected chi connectivity index (χ2v) is 14.1. The van der Waals surface area contributed by atoms with Crippen molar-refractivity contribution in [1.29, 1.82) is 0 Å². The molecule has 42 heavy (non-hydrogen) atoms. The second-order valence-electron chi connectivity index (χ2n) is 9.45. The minimum atomic E-state index is -5.23. The van der Waals surface area contributed by atoms with Gasteiger partial charge in [0.25, 0.3) is 0 Å². The number of aromatic nitrogens is 3. The summed E-state index contributed by atoms with van der Waals surface area (Å²) >= 11 is -5.23. The number of aliphatic hydroxyl groups excluding tert-OH is 1. The number of carbonyl (C=O) groups excluding carboxylic acids is 1. The van der Waals surface area contributed by atoms with Gasteiger partial charge in [-0.3, -0.25) is 10.1 Å². The molecule has 0 saturated heterocycles. The standard InChI is InChI=1S/C22H23AsFNO6.C8H7N3/c1-16(27)25-30-23(28,31-29)22(11-12-26)14-19(17-5-3-2-4-6-17)13-20(15-22)18-7-9-21(24)10-8-18;1-3-9-4-2-7(1)8-5-10-11-6-8/h2-10,13-14,26,29H,11-12,15H2,1H3,(H,25,27);1-6H,(H,10,11). The Labute approximate surface area is 244 Å². The van der Waals surface area contributed by atoms with Crippen molar-refractivity contribution in [2.45, 2.75) is 24.0 Å². The molecule has 0 radical (unpaired) electrons. The predicted molar refractivity (Wildman–Crippen MR) is 155 cm³/mol. The fraction of sp³-hybridized carbons (Fsp3) is 0.167. The van der Waals surface area contributed by atoms with Crippen LogP contribution in [0.15, 0.2) is 104 Å². The van der Waals surface area contributed by atoms with E-state index in [1.165, 1.54) is 12.1 Å². The van der Waals surface area contributed by atoms with Crippen LogP contribution < -0.4 is 5.48 Å². The van der Waals surface area contributed by atoms with Gasteiger partial charge in [0.05, 0.1) is 6.20 Å². The molecule has 0 bridgehead atoms. The third kappa shape index (κ3) is 7.38. The van der Waals surface area contributed by atoms with Gasteiger partial charge >= 0.3 is 182 Å². The zero-order chi connectivity index (χ0) is 30.0. The molecule has 218 valence electrons. The molecular formula is C30H30AsFN4O6. The summed E-state index contributed by atoms with van der Waals surface area (Å²) in [4.78, 5) is 15.3. The fourth-order valence-electron chi connectivity index (χ4n) is 4.53. The smallest absolute Gasteiger partial charge is 0.0565 e. The number of hydroxylamine groups is 1. The monoisotopic (exact) mass is 636 g/mol. The van der Waals surface area contributed by atoms with Gasteiger partial charge in [0.15, 0.2) is 0 Å². The van der Waals surface area contributed by atoms with Crippen LogP contribution in [0.3, 0.4) is 0 Å². The van der Waals surface area contributed by atoms with Gasteiger partial charge in [-0.1, -0.05) is 0 Å². The Bertz CT molecular complexity index is 1560. The number of rotatable bonds is 9. The molecule has 10 nitrogen and oxygen atoms in total. The van der Waals surface area contributed by atoms with E-state index >= 15 is 0 Å². The summed E-state index contributed by atoms with van der Waals surface area (Å²) in [7, 11) is 0. The van der Waals surface area contributed by atoms with E-state index in [0.29, 0.717) is 16.7 Å². The number of amides is 1. The van der Waals surface area contributed by atoms with Crippen LogP contribution in [0.2, 0.25) is 4.20 Å². The number of hydrogen-bond donors (Lipinski definition) is 4. The molecular weight excluding hydrogens is 606 g/mol. The first-order chi connectivity index (χ1) is 20.3. The van der Waals surface area contributed by atoms with Crippen molar-refractivity contribution in [3.05, 3.63) is 121 Å². The zero-order valence-corrected chi connectivity index (χ0v) is 24.6. The maximum atomic E-state index is 13.7. The first-order valence-electron chi connectivity index (χ1n) is 12.9. The summed E-state index contributed by atoms with van der Waals surface area (Å²) in [6.45, 7) is 0.777. The molecule has 4 N–H and O–H groups in total. The van der Waals surface area contributed by atoms with E-state index < -0.39 is 30.1 Å². The molecule has 2 unspecified atom stereocenters. The topological polar surface area (TPSA) is 147 Å². The van der Waals surface area contributed by atoms with E-state index in [1.54, 1.807) is 36.8 Å². The molecule has 0 saturated carbocycles. The maximum absolute atomic E-state index is 13.7. The van der Waals surface area contributed by atoms with Crippen LogP contribution in [0, 0.1) is 5.82 Å². The summed E-state index contributed by atoms with van der Waals surface area (Å²) in [6, 6.07) is 18.9. The number of nitrogens with zero attached hydrogens (tertiary/aromatic N) is 2. The van der Waals surface area contributed by atoms with Crippen molar-refractivity contribution >= 4 is 31.2 Å². The molecule has 2 heterocycles. The Hall–Kier alpha value is -4.12. The minimum Gasteiger partial charge on any atom is -0.285 e. The second kappa shape index (κ2) is 14.2. The number of nitrogens with one attached hydrogen (secondary N) is 2. The molecule has 0 spiro atoms. The Morgan fingerprint density at radius 3 is 2.36 bits per heavy atom. The third-order valence-corrected chi connectivity index (χ3v) is 11.1. The van der Waals surface area contributed by atoms with Crippen LogP contribution in [-0.4, -0.2) is 52.2 Å². The predicted octanol–water partition coefficient (Wildman–Crippen LogP) is 5.22. The number of aromatic amines is 1. The summed E-state index contributed by atoms with van der Waals surface area (Å²) in [5, 5.41) is 26.0. The molecule has 4 aromatic rings. The SMILES string of the molecule is CC(=O)NO[As](=O)(OO)C1(CCO)C=C(c2ccccc2)C=C(c2ccc(F)cc2)C1.c1cc(-c2cn[nH]c2)ccn1. The Morgan fingerprint density at radius 1 is 1.05 bits per heavy atom. The van der Waals surface area contributed by atoms with Crippen molar-refractivity contribution in [2.75, 3.05) is 6.61 Å². The van der Waals surface area contributed by atoms with Gasteiger partial charge in [-0.15, -0.1) is 0 Å². The molecule has 1 aliphatic carbocycles. The maximum Gasteiger partial charge on any atom is 0.0565 e. The quantitative estimate of drug-likeness (QED) is 0.111. The fourth-order valence-corrected chi connectivity index (χ4v) is 8.02. The summed E-state index contributed by atoms with van der Waals surface area (Å²) < 4.78 is 35.2. The molecule has 12 heteroatoms. The van der Waals surface area contributed by atoms with Gasteiger partial charge in [0.1, 0.15) is 0 Å². The van der Waals surface area contributed by atoms with E-state index in [4.69, 9.17) is 3.83 Å². The zero-order valence-electron chi connectivity index (χ0n) is 22.7. The normalized spacial score (nSPS) is 17.6. The first kappa shape index (κ1) is 30.8. The number of pyridine rings is 1. The summed E-state index contributed by atoms with van der Waals surface area (Å²) in [5.74, 6) is -1.03. The third-order valence-electron chi connectivity index (χ3n) is 6.59. The van der Waals surface area contributed by atoms with Crippen molar-refractivity contribution in [3.8, 4) is 11.1 Å². The molecule has 0 fully saturated rings. The Morgan fingerprint density at radius 2 is 1.76 bits per heavy atom. The van der Waals surface area contributed by atoms with Crippen LogP contribution in [0.25, 0.3) is 22.3 Å². The minimum absolute atomic E-state index is 0.0617. The van der Waals surface area contributed by atoms with Gasteiger partial charge in [-0.2, -0.15) is 5.10 Å². The van der Waals surface area contributed by atoms with E-state index in [0.717, 1.165) is 23.6 Å². The van der Waals surface area contributed by atoms with E-state index in [9.17, 15) is 23.3 Å². The number of allylic oxidation sites excluding steroid dienone is 4. The van der Waals surface area contributed by atoms with Crippen LogP contribution in [0.1, 0.15) is 30.9 Å². The molecule has 5 rings (SSSR count). The summed E-state index contributed by atoms with van der Waals surface area (Å²) in [5.41, 5.74) is 7.02. The number of benzene rings is 2. The van der Waals surface area contributed by atoms with Gasteiger partial charge in [0.2, 0.25) is 0 Å². The Kier molecular flexibility index (Phi) is 10.4. The number of aliphatic hydroxyl groups is 1. The van der Waals surface area contributed by atoms with Gasteiger partial charge in [-0.05, 0) is 17.7 Å². The van der Waals surface area contributed by atoms with Crippen molar-refractivity contribution in [3.63, 3.8) is 0 Å². The van der Waals surface area contributed by atoms with E-state index in [1.807, 2.05) is 60.2 Å². The largest absolute Gasteiger partial charge is 0.285 e. The average Bonchev–Trinajstić information content (AvgIpc) is 3.57. The van der Waals surface area contributed by atoms with Crippen molar-refractivity contribution < 1.29 is 31.0 Å².